The molecule has 0 aromatic rings. The predicted molar refractivity (Wildman–Crippen MR) is 43.7 cm³/mol. The van der Waals surface area contributed by atoms with Gasteiger partial charge in [0.25, 0.3) is 5.91 Å². The van der Waals surface area contributed by atoms with Crippen LogP contribution in [0.3, 0.4) is 0 Å². The average Bonchev–Trinajstić information content (AvgIpc) is 2.13. The van der Waals surface area contributed by atoms with Gasteiger partial charge in [0.1, 0.15) is 6.04 Å². The first-order valence-corrected chi connectivity index (χ1v) is 3.75. The van der Waals surface area contributed by atoms with E-state index in [1.807, 2.05) is 5.32 Å². The first kappa shape index (κ1) is 12.2. The van der Waals surface area contributed by atoms with Gasteiger partial charge in [-0.1, -0.05) is 6.92 Å². The van der Waals surface area contributed by atoms with Crippen molar-refractivity contribution in [1.29, 1.82) is 0 Å². The van der Waals surface area contributed by atoms with Gasteiger partial charge < -0.3 is 10.4 Å². The minimum absolute atomic E-state index is 0.191. The van der Waals surface area contributed by atoms with Crippen molar-refractivity contribution >= 4 is 18.0 Å². The number of nitrogens with one attached hydrogen (secondary N) is 3. The van der Waals surface area contributed by atoms with Crippen molar-refractivity contribution in [3.05, 3.63) is 0 Å². The standard InChI is InChI=1S/C6H11N3O5/c1-2-3(7-6(12)13)4(10)8-5(11)9-14/h3,7,14H,2H2,1H3,(H,12,13)(H2,8,9,10,11)/t3-/m0/s1. The first-order valence-electron chi connectivity index (χ1n) is 3.75. The highest BCUT2D eigenvalue weighted by atomic mass is 16.5. The number of rotatable bonds is 3. The monoisotopic (exact) mass is 205 g/mol. The van der Waals surface area contributed by atoms with E-state index < -0.39 is 24.1 Å². The molecule has 0 aromatic heterocycles. The Balaban J connectivity index is 4.17. The van der Waals surface area contributed by atoms with Crippen LogP contribution in [-0.2, 0) is 4.79 Å². The van der Waals surface area contributed by atoms with Crippen LogP contribution in [0.15, 0.2) is 0 Å². The van der Waals surface area contributed by atoms with E-state index in [4.69, 9.17) is 10.3 Å². The molecule has 0 saturated carbocycles. The van der Waals surface area contributed by atoms with Crippen LogP contribution in [0.1, 0.15) is 13.3 Å². The molecule has 80 valence electrons. The van der Waals surface area contributed by atoms with Crippen molar-refractivity contribution in [1.82, 2.24) is 16.1 Å². The van der Waals surface area contributed by atoms with Crippen LogP contribution < -0.4 is 16.1 Å². The molecule has 0 radical (unpaired) electrons. The molecule has 0 fully saturated rings. The average molecular weight is 205 g/mol. The van der Waals surface area contributed by atoms with Crippen molar-refractivity contribution in [2.45, 2.75) is 19.4 Å². The van der Waals surface area contributed by atoms with E-state index in [9.17, 15) is 14.4 Å². The molecule has 0 bridgehead atoms. The Hall–Kier alpha value is -1.83. The van der Waals surface area contributed by atoms with Gasteiger partial charge in [0.15, 0.2) is 0 Å². The lowest BCUT2D eigenvalue weighted by atomic mass is 10.2. The van der Waals surface area contributed by atoms with E-state index >= 15 is 0 Å². The van der Waals surface area contributed by atoms with Crippen molar-refractivity contribution in [3.63, 3.8) is 0 Å². The summed E-state index contributed by atoms with van der Waals surface area (Å²) in [5.41, 5.74) is 1.18. The molecule has 5 N–H and O–H groups in total. The molecule has 0 heterocycles. The number of carbonyl (C=O) groups excluding carboxylic acids is 2. The third-order valence-electron chi connectivity index (χ3n) is 1.36. The molecule has 0 aliphatic heterocycles. The van der Waals surface area contributed by atoms with E-state index in [1.54, 1.807) is 12.2 Å². The largest absolute Gasteiger partial charge is 0.465 e. The summed E-state index contributed by atoms with van der Waals surface area (Å²) in [7, 11) is 0. The molecule has 8 heteroatoms. The highest BCUT2D eigenvalue weighted by Crippen LogP contribution is 1.90. The molecule has 4 amide bonds. The van der Waals surface area contributed by atoms with Gasteiger partial charge in [0.2, 0.25) is 0 Å². The summed E-state index contributed by atoms with van der Waals surface area (Å²) in [5, 5.41) is 20.0. The number of urea groups is 1. The number of hydrogen-bond donors (Lipinski definition) is 5. The van der Waals surface area contributed by atoms with Gasteiger partial charge in [-0.2, -0.15) is 0 Å². The van der Waals surface area contributed by atoms with Gasteiger partial charge in [-0.25, -0.2) is 15.1 Å². The number of hydroxylamine groups is 1. The van der Waals surface area contributed by atoms with Gasteiger partial charge in [0, 0.05) is 0 Å². The minimum Gasteiger partial charge on any atom is -0.465 e. The zero-order chi connectivity index (χ0) is 11.1. The summed E-state index contributed by atoms with van der Waals surface area (Å²) in [6.45, 7) is 1.57. The SMILES string of the molecule is CC[C@H](NC(=O)O)C(=O)NC(=O)NO. The quantitative estimate of drug-likeness (QED) is 0.306. The maximum Gasteiger partial charge on any atom is 0.405 e. The first-order chi connectivity index (χ1) is 6.51. The van der Waals surface area contributed by atoms with E-state index in [1.165, 1.54) is 5.48 Å². The summed E-state index contributed by atoms with van der Waals surface area (Å²) in [6.07, 6.45) is -1.17. The van der Waals surface area contributed by atoms with Crippen molar-refractivity contribution in [2.24, 2.45) is 0 Å². The Labute approximate surface area is 79.2 Å². The number of carbonyl (C=O) groups is 3. The van der Waals surface area contributed by atoms with Gasteiger partial charge in [-0.15, -0.1) is 0 Å². The molecular formula is C6H11N3O5. The lowest BCUT2D eigenvalue weighted by molar-refractivity contribution is -0.122. The fraction of sp³-hybridized carbons (Fsp3) is 0.500. The van der Waals surface area contributed by atoms with Crippen molar-refractivity contribution in [2.75, 3.05) is 0 Å². The number of carboxylic acid groups (broad SMARTS) is 1. The lowest BCUT2D eigenvalue weighted by Crippen LogP contribution is -2.49. The number of imide groups is 1. The van der Waals surface area contributed by atoms with Crippen LogP contribution in [0.25, 0.3) is 0 Å². The highest BCUT2D eigenvalue weighted by molar-refractivity contribution is 5.97. The summed E-state index contributed by atoms with van der Waals surface area (Å²) in [4.78, 5) is 31.7. The van der Waals surface area contributed by atoms with E-state index in [2.05, 4.69) is 0 Å². The van der Waals surface area contributed by atoms with Crippen LogP contribution in [-0.4, -0.2) is 34.4 Å². The zero-order valence-corrected chi connectivity index (χ0v) is 7.40. The zero-order valence-electron chi connectivity index (χ0n) is 7.40. The molecule has 0 aromatic carbocycles. The second-order valence-electron chi connectivity index (χ2n) is 2.34. The molecule has 8 nitrogen and oxygen atoms in total. The van der Waals surface area contributed by atoms with Crippen molar-refractivity contribution in [3.8, 4) is 0 Å². The summed E-state index contributed by atoms with van der Waals surface area (Å²) in [6, 6.07) is -2.13. The normalized spacial score (nSPS) is 11.3. The van der Waals surface area contributed by atoms with Gasteiger partial charge >= 0.3 is 12.1 Å². The molecule has 1 atom stereocenters. The topological polar surface area (TPSA) is 128 Å². The van der Waals surface area contributed by atoms with Crippen LogP contribution >= 0.6 is 0 Å². The van der Waals surface area contributed by atoms with E-state index in [0.717, 1.165) is 0 Å². The molecule has 0 saturated heterocycles. The third kappa shape index (κ3) is 4.26. The maximum atomic E-state index is 11.1. The maximum absolute atomic E-state index is 11.1. The molecular weight excluding hydrogens is 194 g/mol. The molecule has 0 spiro atoms. The van der Waals surface area contributed by atoms with Gasteiger partial charge in [-0.05, 0) is 6.42 Å². The van der Waals surface area contributed by atoms with Gasteiger partial charge in [0.05, 0.1) is 0 Å². The Morgan fingerprint density at radius 3 is 2.29 bits per heavy atom. The fourth-order valence-electron chi connectivity index (χ4n) is 0.729. The summed E-state index contributed by atoms with van der Waals surface area (Å²) in [5.74, 6) is -0.832. The molecule has 0 aliphatic carbocycles. The summed E-state index contributed by atoms with van der Waals surface area (Å²) < 4.78 is 0. The van der Waals surface area contributed by atoms with Crippen LogP contribution in [0.5, 0.6) is 0 Å². The summed E-state index contributed by atoms with van der Waals surface area (Å²) >= 11 is 0. The van der Waals surface area contributed by atoms with E-state index in [0.29, 0.717) is 0 Å². The molecule has 0 rings (SSSR count). The van der Waals surface area contributed by atoms with Crippen LogP contribution in [0, 0.1) is 0 Å². The smallest absolute Gasteiger partial charge is 0.405 e. The van der Waals surface area contributed by atoms with Crippen molar-refractivity contribution < 1.29 is 24.7 Å². The second kappa shape index (κ2) is 5.75. The molecule has 0 aliphatic rings. The van der Waals surface area contributed by atoms with Gasteiger partial charge in [-0.3, -0.25) is 15.3 Å². The Morgan fingerprint density at radius 1 is 1.36 bits per heavy atom. The van der Waals surface area contributed by atoms with Crippen LogP contribution in [0.4, 0.5) is 9.59 Å². The Morgan fingerprint density at radius 2 is 1.93 bits per heavy atom. The Bertz CT molecular complexity index is 242. The predicted octanol–water partition coefficient (Wildman–Crippen LogP) is -0.752. The van der Waals surface area contributed by atoms with E-state index in [-0.39, 0.29) is 6.42 Å². The van der Waals surface area contributed by atoms with Crippen LogP contribution in [0.2, 0.25) is 0 Å². The molecule has 14 heavy (non-hydrogen) atoms. The Kier molecular flexibility index (Phi) is 5.00. The molecule has 0 unspecified atom stereocenters. The third-order valence-corrected chi connectivity index (χ3v) is 1.36. The fourth-order valence-corrected chi connectivity index (χ4v) is 0.729. The highest BCUT2D eigenvalue weighted by Gasteiger charge is 2.19. The second-order valence-corrected chi connectivity index (χ2v) is 2.34. The number of amides is 4. The number of hydrogen-bond acceptors (Lipinski definition) is 4. The lowest BCUT2D eigenvalue weighted by Gasteiger charge is -2.13. The minimum atomic E-state index is -1.36.